The molecule has 0 fully saturated rings. The molecule has 4 aliphatic carbocycles. The smallest absolute Gasteiger partial charge is 1.00 e. The number of fused-ring (bicyclic) bond motifs is 5. The van der Waals surface area contributed by atoms with Crippen LogP contribution in [0.5, 0.6) is 0 Å². The second-order valence-electron chi connectivity index (χ2n) is 13.7. The second kappa shape index (κ2) is 11.9. The fraction of sp³-hybridized carbons (Fsp3) is 0.195. The summed E-state index contributed by atoms with van der Waals surface area (Å²) < 4.78 is 32.7. The van der Waals surface area contributed by atoms with E-state index in [1.54, 1.807) is 24.3 Å². The van der Waals surface area contributed by atoms with E-state index in [4.69, 9.17) is 0 Å². The van der Waals surface area contributed by atoms with Crippen LogP contribution in [0, 0.1) is 11.6 Å². The summed E-state index contributed by atoms with van der Waals surface area (Å²) in [6, 6.07) is 23.8. The summed E-state index contributed by atoms with van der Waals surface area (Å²) in [5.74, 6) is -0.526. The third kappa shape index (κ3) is 5.24. The first-order valence-electron chi connectivity index (χ1n) is 15.5. The zero-order chi connectivity index (χ0) is 30.4. The Hall–Kier alpha value is -2.97. The van der Waals surface area contributed by atoms with E-state index in [9.17, 15) is 8.78 Å². The van der Waals surface area contributed by atoms with Gasteiger partial charge in [-0.1, -0.05) is 0 Å². The summed E-state index contributed by atoms with van der Waals surface area (Å²) in [6.07, 6.45) is 16.8. The molecular formula is C41H34Cl2F2Zr. The van der Waals surface area contributed by atoms with Crippen LogP contribution in [0.3, 0.4) is 0 Å². The van der Waals surface area contributed by atoms with Crippen molar-refractivity contribution in [2.75, 3.05) is 0 Å². The molecule has 0 bridgehead atoms. The number of halogens is 4. The van der Waals surface area contributed by atoms with E-state index < -0.39 is 21.3 Å². The molecule has 0 aromatic heterocycles. The van der Waals surface area contributed by atoms with Gasteiger partial charge in [-0.05, 0) is 0 Å². The summed E-state index contributed by atoms with van der Waals surface area (Å²) in [5.41, 5.74) is 12.4. The van der Waals surface area contributed by atoms with Gasteiger partial charge in [0.1, 0.15) is 0 Å². The van der Waals surface area contributed by atoms with Gasteiger partial charge in [0.2, 0.25) is 0 Å². The normalized spacial score (nSPS) is 16.8. The minimum atomic E-state index is -3.09. The van der Waals surface area contributed by atoms with Crippen LogP contribution >= 0.6 is 0 Å². The van der Waals surface area contributed by atoms with Crippen molar-refractivity contribution in [3.63, 3.8) is 0 Å². The van der Waals surface area contributed by atoms with Gasteiger partial charge in [0, 0.05) is 0 Å². The Balaban J connectivity index is 0.00000186. The Kier molecular flexibility index (Phi) is 8.54. The van der Waals surface area contributed by atoms with Crippen molar-refractivity contribution < 1.29 is 54.9 Å². The number of allylic oxidation sites excluding steroid dienone is 6. The summed E-state index contributed by atoms with van der Waals surface area (Å²) >= 11 is -3.09. The van der Waals surface area contributed by atoms with E-state index in [1.165, 1.54) is 59.9 Å². The zero-order valence-corrected chi connectivity index (χ0v) is 30.2. The SMILES string of the molecule is CC1(C)C=Cc2cc3c(cc21)[CH]([Zr+2]([C]1=CC=CC1)=[C](c1cccc(F)c1)c1cccc(F)c1)c1cc2c(cc1-3)C=CC2(C)C.[Cl-].[Cl-]. The summed E-state index contributed by atoms with van der Waals surface area (Å²) in [6.45, 7) is 9.17. The van der Waals surface area contributed by atoms with E-state index in [0.29, 0.717) is 0 Å². The molecule has 0 saturated heterocycles. The van der Waals surface area contributed by atoms with Crippen molar-refractivity contribution in [1.29, 1.82) is 0 Å². The van der Waals surface area contributed by atoms with Crippen LogP contribution in [0.4, 0.5) is 8.78 Å². The molecule has 0 heterocycles. The van der Waals surface area contributed by atoms with Gasteiger partial charge in [0.15, 0.2) is 0 Å². The molecule has 4 aliphatic rings. The first-order chi connectivity index (χ1) is 21.1. The number of benzene rings is 4. The molecule has 46 heavy (non-hydrogen) atoms. The molecule has 230 valence electrons. The van der Waals surface area contributed by atoms with Gasteiger partial charge in [0.05, 0.1) is 0 Å². The Morgan fingerprint density at radius 1 is 0.696 bits per heavy atom. The average molecular weight is 727 g/mol. The van der Waals surface area contributed by atoms with Crippen molar-refractivity contribution in [3.05, 3.63) is 163 Å². The zero-order valence-electron chi connectivity index (χ0n) is 26.3. The van der Waals surface area contributed by atoms with Crippen LogP contribution in [0.25, 0.3) is 23.3 Å². The van der Waals surface area contributed by atoms with Gasteiger partial charge in [-0.15, -0.1) is 0 Å². The fourth-order valence-corrected chi connectivity index (χ4v) is 16.7. The van der Waals surface area contributed by atoms with Gasteiger partial charge in [-0.3, -0.25) is 0 Å². The Morgan fingerprint density at radius 2 is 1.20 bits per heavy atom. The van der Waals surface area contributed by atoms with Crippen molar-refractivity contribution in [1.82, 2.24) is 0 Å². The van der Waals surface area contributed by atoms with Gasteiger partial charge < -0.3 is 24.8 Å². The van der Waals surface area contributed by atoms with Crippen molar-refractivity contribution in [2.45, 2.75) is 48.6 Å². The standard InChI is InChI=1S/C23H21.C13H8F2.C5H5.2ClH.Zr/c1-22(2)7-5-14-10-18-16(12-20(14)22)9-17-13-21-15(11-19(17)18)6-8-23(21,3)4;14-12-5-1-3-10(8-12)7-11-4-2-6-13(15)9-11;1-2-4-5-3-1;;;/h5-13H,1-4H3;1-6,8-9H;1-3H,4H2;2*1H;/q;;;;;+2/p-2. The van der Waals surface area contributed by atoms with Crippen LogP contribution in [-0.4, -0.2) is 3.21 Å². The Bertz CT molecular complexity index is 1950. The third-order valence-electron chi connectivity index (χ3n) is 10.0. The second-order valence-corrected chi connectivity index (χ2v) is 20.0. The molecule has 0 nitrogen and oxygen atoms in total. The first kappa shape index (κ1) is 33.0. The van der Waals surface area contributed by atoms with E-state index in [1.807, 2.05) is 12.1 Å². The minimum Gasteiger partial charge on any atom is -1.00 e. The van der Waals surface area contributed by atoms with E-state index in [-0.39, 0.29) is 50.9 Å². The first-order valence-corrected chi connectivity index (χ1v) is 19.4. The molecule has 0 unspecified atom stereocenters. The van der Waals surface area contributed by atoms with Gasteiger partial charge >= 0.3 is 268 Å². The third-order valence-corrected chi connectivity index (χ3v) is 18.3. The summed E-state index contributed by atoms with van der Waals surface area (Å²) in [7, 11) is 0. The van der Waals surface area contributed by atoms with Crippen LogP contribution < -0.4 is 24.8 Å². The number of rotatable bonds is 4. The van der Waals surface area contributed by atoms with E-state index in [2.05, 4.69) is 94.5 Å². The molecule has 0 saturated carbocycles. The van der Waals surface area contributed by atoms with Gasteiger partial charge in [-0.25, -0.2) is 0 Å². The predicted octanol–water partition coefficient (Wildman–Crippen LogP) is 4.38. The van der Waals surface area contributed by atoms with Crippen LogP contribution in [-0.2, 0) is 32.1 Å². The van der Waals surface area contributed by atoms with Crippen LogP contribution in [0.1, 0.15) is 82.2 Å². The van der Waals surface area contributed by atoms with Crippen LogP contribution in [0.2, 0.25) is 0 Å². The molecule has 8 rings (SSSR count). The average Bonchev–Trinajstić information content (AvgIpc) is 3.76. The molecule has 0 N–H and O–H groups in total. The Morgan fingerprint density at radius 3 is 1.63 bits per heavy atom. The maximum atomic E-state index is 15.0. The molecule has 5 heteroatoms. The topological polar surface area (TPSA) is 0 Å². The molecule has 4 aromatic carbocycles. The minimum absolute atomic E-state index is 0. The van der Waals surface area contributed by atoms with Crippen LogP contribution in [0.15, 0.2) is 106 Å². The fourth-order valence-electron chi connectivity index (χ4n) is 7.76. The molecule has 0 atom stereocenters. The molecule has 0 spiro atoms. The quantitative estimate of drug-likeness (QED) is 0.293. The monoisotopic (exact) mass is 724 g/mol. The summed E-state index contributed by atoms with van der Waals surface area (Å²) in [4.78, 5) is 0. The number of hydrogen-bond donors (Lipinski definition) is 0. The van der Waals surface area contributed by atoms with Crippen molar-refractivity contribution >= 4 is 15.4 Å². The van der Waals surface area contributed by atoms with E-state index >= 15 is 0 Å². The largest absolute Gasteiger partial charge is 1.00 e. The van der Waals surface area contributed by atoms with E-state index in [0.717, 1.165) is 20.8 Å². The maximum absolute atomic E-state index is 15.0. The molecule has 0 aliphatic heterocycles. The predicted molar refractivity (Wildman–Crippen MR) is 176 cm³/mol. The van der Waals surface area contributed by atoms with Crippen molar-refractivity contribution in [2.24, 2.45) is 0 Å². The molecule has 0 amide bonds. The van der Waals surface area contributed by atoms with Gasteiger partial charge in [-0.2, -0.15) is 0 Å². The molecule has 4 aromatic rings. The summed E-state index contributed by atoms with van der Waals surface area (Å²) in [5, 5.41) is 0. The number of hydrogen-bond acceptors (Lipinski definition) is 0. The maximum Gasteiger partial charge on any atom is -1.00 e. The van der Waals surface area contributed by atoms with Crippen molar-refractivity contribution in [3.8, 4) is 11.1 Å². The molecule has 0 radical (unpaired) electrons. The Labute approximate surface area is 290 Å². The molecular weight excluding hydrogens is 693 g/mol. The van der Waals surface area contributed by atoms with Gasteiger partial charge in [0.25, 0.3) is 0 Å².